The van der Waals surface area contributed by atoms with Gasteiger partial charge in [-0.15, -0.1) is 0 Å². The van der Waals surface area contributed by atoms with E-state index >= 15 is 0 Å². The number of alkyl halides is 6. The summed E-state index contributed by atoms with van der Waals surface area (Å²) in [6.07, 6.45) is -6.51. The van der Waals surface area contributed by atoms with E-state index in [2.05, 4.69) is 0 Å². The van der Waals surface area contributed by atoms with Gasteiger partial charge in [-0.3, -0.25) is 10.1 Å². The van der Waals surface area contributed by atoms with Crippen molar-refractivity contribution in [2.75, 3.05) is 49.6 Å². The third-order valence-corrected chi connectivity index (χ3v) is 8.09. The Kier molecular flexibility index (Phi) is 9.32. The van der Waals surface area contributed by atoms with Crippen molar-refractivity contribution < 1.29 is 36.0 Å². The zero-order valence-electron chi connectivity index (χ0n) is 22.2. The lowest BCUT2D eigenvalue weighted by molar-refractivity contribution is -0.388. The van der Waals surface area contributed by atoms with Crippen molar-refractivity contribution in [3.8, 4) is 0 Å². The highest BCUT2D eigenvalue weighted by atomic mass is 32.1. The van der Waals surface area contributed by atoms with Gasteiger partial charge in [0.2, 0.25) is 0 Å². The second kappa shape index (κ2) is 12.4. The van der Waals surface area contributed by atoms with Gasteiger partial charge >= 0.3 is 12.4 Å². The predicted octanol–water partition coefficient (Wildman–Crippen LogP) is 6.55. The zero-order valence-corrected chi connectivity index (χ0v) is 23.1. The van der Waals surface area contributed by atoms with Crippen LogP contribution < -0.4 is 9.80 Å². The highest BCUT2D eigenvalue weighted by Crippen LogP contribution is 2.39. The summed E-state index contributed by atoms with van der Waals surface area (Å²) in [6, 6.07) is 8.14. The summed E-state index contributed by atoms with van der Waals surface area (Å²) in [5.74, 6) is 0. The molecule has 2 aromatic rings. The smallest absolute Gasteiger partial charge is 0.372 e. The molecule has 0 aromatic heterocycles. The number of halogens is 6. The molecule has 1 aliphatic heterocycles. The van der Waals surface area contributed by atoms with Crippen LogP contribution >= 0.6 is 12.2 Å². The molecule has 2 aliphatic rings. The van der Waals surface area contributed by atoms with Gasteiger partial charge in [-0.1, -0.05) is 12.2 Å². The van der Waals surface area contributed by atoms with E-state index < -0.39 is 34.1 Å². The topological polar surface area (TPSA) is 62.1 Å². The SMILES string of the molecule is CN(c1ccc([N+](=O)[O-])c(C(F)(F)F)c1)C1CCC(OCC(=S)N2CCN(c3ccc(C(F)(F)F)cc3)CC2)CC1. The van der Waals surface area contributed by atoms with E-state index in [1.807, 2.05) is 9.80 Å². The number of piperazine rings is 1. The molecule has 1 saturated carbocycles. The third-order valence-electron chi connectivity index (χ3n) is 7.72. The van der Waals surface area contributed by atoms with Crippen molar-refractivity contribution in [2.24, 2.45) is 0 Å². The molecule has 1 saturated heterocycles. The van der Waals surface area contributed by atoms with Gasteiger partial charge < -0.3 is 19.4 Å². The fourth-order valence-electron chi connectivity index (χ4n) is 5.30. The van der Waals surface area contributed by atoms with Crippen LogP contribution in [-0.4, -0.2) is 66.8 Å². The lowest BCUT2D eigenvalue weighted by Gasteiger charge is -2.38. The number of ether oxygens (including phenoxy) is 1. The first-order valence-corrected chi connectivity index (χ1v) is 13.5. The molecule has 0 atom stereocenters. The van der Waals surface area contributed by atoms with Gasteiger partial charge in [0.25, 0.3) is 5.69 Å². The van der Waals surface area contributed by atoms with E-state index in [1.165, 1.54) is 18.2 Å². The first kappa shape index (κ1) is 30.8. The number of hydrogen-bond acceptors (Lipinski definition) is 6. The summed E-state index contributed by atoms with van der Waals surface area (Å²) in [4.78, 5) is 16.4. The van der Waals surface area contributed by atoms with Crippen LogP contribution in [0, 0.1) is 10.1 Å². The fraction of sp³-hybridized carbons (Fsp3) is 0.519. The van der Waals surface area contributed by atoms with Gasteiger partial charge in [-0.05, 0) is 62.1 Å². The number of nitro benzene ring substituents is 1. The van der Waals surface area contributed by atoms with Crippen LogP contribution in [0.1, 0.15) is 36.8 Å². The summed E-state index contributed by atoms with van der Waals surface area (Å²) in [7, 11) is 1.69. The van der Waals surface area contributed by atoms with Gasteiger partial charge in [-0.2, -0.15) is 26.3 Å². The van der Waals surface area contributed by atoms with Crippen molar-refractivity contribution in [3.63, 3.8) is 0 Å². The van der Waals surface area contributed by atoms with E-state index in [9.17, 15) is 36.5 Å². The van der Waals surface area contributed by atoms with Gasteiger partial charge in [0.1, 0.15) is 10.6 Å². The molecule has 0 radical (unpaired) electrons. The minimum atomic E-state index is -4.84. The molecule has 0 spiro atoms. The lowest BCUT2D eigenvalue weighted by atomic mass is 9.91. The number of benzene rings is 2. The van der Waals surface area contributed by atoms with E-state index in [1.54, 1.807) is 11.9 Å². The van der Waals surface area contributed by atoms with Crippen LogP contribution in [0.15, 0.2) is 42.5 Å². The Labute approximate surface area is 238 Å². The fourth-order valence-corrected chi connectivity index (χ4v) is 5.55. The Bertz CT molecular complexity index is 1230. The number of nitro groups is 1. The number of rotatable bonds is 7. The summed E-state index contributed by atoms with van der Waals surface area (Å²) in [6.45, 7) is 2.73. The summed E-state index contributed by atoms with van der Waals surface area (Å²) < 4.78 is 84.7. The van der Waals surface area contributed by atoms with Crippen molar-refractivity contribution in [2.45, 2.75) is 50.2 Å². The lowest BCUT2D eigenvalue weighted by Crippen LogP contribution is -2.49. The molecule has 1 heterocycles. The second-order valence-electron chi connectivity index (χ2n) is 10.2. The molecule has 224 valence electrons. The first-order valence-electron chi connectivity index (χ1n) is 13.1. The molecule has 2 fully saturated rings. The minimum absolute atomic E-state index is 0.0392. The number of hydrogen-bond donors (Lipinski definition) is 0. The number of anilines is 2. The van der Waals surface area contributed by atoms with Crippen molar-refractivity contribution >= 4 is 34.3 Å². The summed E-state index contributed by atoms with van der Waals surface area (Å²) in [5, 5.41) is 11.0. The molecule has 2 aromatic carbocycles. The van der Waals surface area contributed by atoms with Crippen LogP contribution in [0.25, 0.3) is 0 Å². The van der Waals surface area contributed by atoms with E-state index in [0.29, 0.717) is 56.9 Å². The molecule has 41 heavy (non-hydrogen) atoms. The van der Waals surface area contributed by atoms with Gasteiger partial charge in [0, 0.05) is 56.7 Å². The van der Waals surface area contributed by atoms with Crippen molar-refractivity contribution in [1.82, 2.24) is 4.90 Å². The Morgan fingerprint density at radius 3 is 2.12 bits per heavy atom. The Morgan fingerprint density at radius 2 is 1.59 bits per heavy atom. The molecule has 0 bridgehead atoms. The highest BCUT2D eigenvalue weighted by molar-refractivity contribution is 7.80. The van der Waals surface area contributed by atoms with Gasteiger partial charge in [0.05, 0.1) is 23.2 Å². The van der Waals surface area contributed by atoms with Crippen molar-refractivity contribution in [1.29, 1.82) is 0 Å². The third kappa shape index (κ3) is 7.59. The molecule has 0 amide bonds. The summed E-state index contributed by atoms with van der Waals surface area (Å²) >= 11 is 5.56. The monoisotopic (exact) mass is 604 g/mol. The summed E-state index contributed by atoms with van der Waals surface area (Å²) in [5.41, 5.74) is -1.92. The van der Waals surface area contributed by atoms with Crippen LogP contribution in [0.4, 0.5) is 43.4 Å². The van der Waals surface area contributed by atoms with Gasteiger partial charge in [-0.25, -0.2) is 0 Å². The first-order chi connectivity index (χ1) is 19.2. The molecule has 0 N–H and O–H groups in total. The molecule has 14 heteroatoms. The quantitative estimate of drug-likeness (QED) is 0.154. The van der Waals surface area contributed by atoms with Crippen LogP contribution in [0.2, 0.25) is 0 Å². The zero-order chi connectivity index (χ0) is 29.9. The van der Waals surface area contributed by atoms with Gasteiger partial charge in [0.15, 0.2) is 0 Å². The molecule has 7 nitrogen and oxygen atoms in total. The maximum Gasteiger partial charge on any atom is 0.423 e. The van der Waals surface area contributed by atoms with Crippen LogP contribution in [0.3, 0.4) is 0 Å². The van der Waals surface area contributed by atoms with Crippen LogP contribution in [0.5, 0.6) is 0 Å². The highest BCUT2D eigenvalue weighted by Gasteiger charge is 2.39. The van der Waals surface area contributed by atoms with Crippen molar-refractivity contribution in [3.05, 3.63) is 63.7 Å². The Morgan fingerprint density at radius 1 is 0.976 bits per heavy atom. The Balaban J connectivity index is 1.22. The Hall–Kier alpha value is -3.13. The standard InChI is InChI=1S/C27H30F6N4O3S/c1-34(21-8-11-24(37(38)39)23(16-21)27(31,32)33)19-6-9-22(10-7-19)40-17-25(41)36-14-12-35(13-15-36)20-4-2-18(3-5-20)26(28,29)30/h2-5,8,11,16,19,22H,6-7,9-10,12-15,17H2,1H3. The maximum atomic E-state index is 13.4. The maximum absolute atomic E-state index is 13.4. The van der Waals surface area contributed by atoms with Crippen LogP contribution in [-0.2, 0) is 17.1 Å². The van der Waals surface area contributed by atoms with E-state index in [-0.39, 0.29) is 24.4 Å². The predicted molar refractivity (Wildman–Crippen MR) is 146 cm³/mol. The average Bonchev–Trinajstić information content (AvgIpc) is 2.94. The normalized spacial score (nSPS) is 20.2. The number of thiocarbonyl (C=S) groups is 1. The van der Waals surface area contributed by atoms with E-state index in [0.717, 1.165) is 30.0 Å². The molecule has 1 aliphatic carbocycles. The minimum Gasteiger partial charge on any atom is -0.372 e. The molecule has 0 unspecified atom stereocenters. The molecular weight excluding hydrogens is 574 g/mol. The molecular formula is C27H30F6N4O3S. The molecule has 4 rings (SSSR count). The largest absolute Gasteiger partial charge is 0.423 e. The average molecular weight is 605 g/mol. The number of nitrogens with zero attached hydrogens (tertiary/aromatic N) is 4. The second-order valence-corrected chi connectivity index (χ2v) is 10.7. The van der Waals surface area contributed by atoms with E-state index in [4.69, 9.17) is 17.0 Å².